The van der Waals surface area contributed by atoms with Crippen LogP contribution in [-0.2, 0) is 0 Å². The topological polar surface area (TPSA) is 58.0 Å². The van der Waals surface area contributed by atoms with E-state index in [1.54, 1.807) is 0 Å². The second-order valence-corrected chi connectivity index (χ2v) is 4.89. The lowest BCUT2D eigenvalue weighted by molar-refractivity contribution is 0.454. The number of hydrogen-bond acceptors (Lipinski definition) is 3. The molecule has 5 nitrogen and oxygen atoms in total. The number of H-pyrrole nitrogens is 1. The van der Waals surface area contributed by atoms with Gasteiger partial charge in [-0.1, -0.05) is 0 Å². The zero-order valence-electron chi connectivity index (χ0n) is 10.1. The van der Waals surface area contributed by atoms with Gasteiger partial charge in [-0.05, 0) is 25.5 Å². The predicted molar refractivity (Wildman–Crippen MR) is 69.7 cm³/mol. The molecule has 0 spiro atoms. The summed E-state index contributed by atoms with van der Waals surface area (Å²) in [5.41, 5.74) is 4.27. The maximum absolute atomic E-state index is 4.48. The van der Waals surface area contributed by atoms with Crippen molar-refractivity contribution in [3.8, 4) is 0 Å². The molecule has 0 radical (unpaired) electrons. The minimum atomic E-state index is 0.550. The Kier molecular flexibility index (Phi) is 2.14. The summed E-state index contributed by atoms with van der Waals surface area (Å²) in [5, 5.41) is 3.47. The van der Waals surface area contributed by atoms with E-state index >= 15 is 0 Å². The summed E-state index contributed by atoms with van der Waals surface area (Å²) < 4.78 is 2.23. The van der Waals surface area contributed by atoms with E-state index in [4.69, 9.17) is 0 Å². The highest BCUT2D eigenvalue weighted by atomic mass is 15.1. The first-order chi connectivity index (χ1) is 8.93. The summed E-state index contributed by atoms with van der Waals surface area (Å²) in [6, 6.07) is 2.07. The first-order valence-corrected chi connectivity index (χ1v) is 6.43. The minimum Gasteiger partial charge on any atom is -0.345 e. The van der Waals surface area contributed by atoms with Crippen LogP contribution in [0.15, 0.2) is 24.7 Å². The van der Waals surface area contributed by atoms with Crippen LogP contribution in [0.2, 0.25) is 0 Å². The Morgan fingerprint density at radius 1 is 1.28 bits per heavy atom. The third-order valence-corrected chi connectivity index (χ3v) is 3.79. The summed E-state index contributed by atoms with van der Waals surface area (Å²) in [5.74, 6) is 0.550. The van der Waals surface area contributed by atoms with Gasteiger partial charge in [-0.15, -0.1) is 0 Å². The SMILES string of the molecule is c1cc2c(ncc3ncc([C@@H]4CCCNC4)n32)[nH]1. The molecule has 18 heavy (non-hydrogen) atoms. The molecule has 0 saturated carbocycles. The van der Waals surface area contributed by atoms with Crippen molar-refractivity contribution in [2.24, 2.45) is 0 Å². The van der Waals surface area contributed by atoms with Crippen LogP contribution < -0.4 is 5.32 Å². The largest absolute Gasteiger partial charge is 0.345 e. The highest BCUT2D eigenvalue weighted by molar-refractivity contribution is 5.74. The molecule has 1 atom stereocenters. The van der Waals surface area contributed by atoms with E-state index in [0.717, 1.165) is 29.9 Å². The van der Waals surface area contributed by atoms with Crippen molar-refractivity contribution in [3.63, 3.8) is 0 Å². The van der Waals surface area contributed by atoms with Gasteiger partial charge in [-0.25, -0.2) is 9.97 Å². The van der Waals surface area contributed by atoms with Crippen molar-refractivity contribution in [1.82, 2.24) is 24.7 Å². The molecule has 0 aliphatic carbocycles. The molecule has 2 N–H and O–H groups in total. The summed E-state index contributed by atoms with van der Waals surface area (Å²) in [6.45, 7) is 2.18. The maximum atomic E-state index is 4.48. The number of aromatic nitrogens is 4. The van der Waals surface area contributed by atoms with E-state index in [-0.39, 0.29) is 0 Å². The lowest BCUT2D eigenvalue weighted by Crippen LogP contribution is -2.29. The van der Waals surface area contributed by atoms with Crippen LogP contribution in [0.1, 0.15) is 24.5 Å². The number of piperidine rings is 1. The first kappa shape index (κ1) is 10.1. The van der Waals surface area contributed by atoms with E-state index in [9.17, 15) is 0 Å². The van der Waals surface area contributed by atoms with Gasteiger partial charge in [0.15, 0.2) is 11.3 Å². The number of rotatable bonds is 1. The molecule has 1 aliphatic heterocycles. The Balaban J connectivity index is 1.96. The normalized spacial score (nSPS) is 20.8. The van der Waals surface area contributed by atoms with Crippen LogP contribution >= 0.6 is 0 Å². The number of aromatic amines is 1. The molecule has 0 aromatic carbocycles. The molecule has 1 aliphatic rings. The van der Waals surface area contributed by atoms with Crippen LogP contribution in [0.4, 0.5) is 0 Å². The molecule has 0 bridgehead atoms. The number of imidazole rings is 1. The fraction of sp³-hybridized carbons (Fsp3) is 0.385. The summed E-state index contributed by atoms with van der Waals surface area (Å²) in [4.78, 5) is 12.0. The molecule has 1 fully saturated rings. The van der Waals surface area contributed by atoms with Crippen LogP contribution in [0.5, 0.6) is 0 Å². The number of fused-ring (bicyclic) bond motifs is 3. The molecule has 1 saturated heterocycles. The Hall–Kier alpha value is -1.88. The van der Waals surface area contributed by atoms with Gasteiger partial charge < -0.3 is 10.3 Å². The van der Waals surface area contributed by atoms with Gasteiger partial charge in [-0.2, -0.15) is 0 Å². The summed E-state index contributed by atoms with van der Waals surface area (Å²) in [7, 11) is 0. The summed E-state index contributed by atoms with van der Waals surface area (Å²) in [6.07, 6.45) is 8.23. The van der Waals surface area contributed by atoms with Gasteiger partial charge in [0.1, 0.15) is 0 Å². The second-order valence-electron chi connectivity index (χ2n) is 4.89. The molecular formula is C13H15N5. The fourth-order valence-corrected chi connectivity index (χ4v) is 2.88. The second kappa shape index (κ2) is 3.81. The number of nitrogens with one attached hydrogen (secondary N) is 2. The van der Waals surface area contributed by atoms with Crippen molar-refractivity contribution >= 4 is 16.8 Å². The predicted octanol–water partition coefficient (Wildman–Crippen LogP) is 1.68. The minimum absolute atomic E-state index is 0.550. The van der Waals surface area contributed by atoms with Crippen LogP contribution in [-0.4, -0.2) is 32.4 Å². The standard InChI is InChI=1S/C13H15N5/c1-2-9(6-14-4-1)11-7-16-12-8-17-13-10(18(11)12)3-5-15-13/h3,5,7-9,14-15H,1-2,4,6H2/t9-/m1/s1. The molecular weight excluding hydrogens is 226 g/mol. The van der Waals surface area contributed by atoms with Crippen molar-refractivity contribution < 1.29 is 0 Å². The third-order valence-electron chi connectivity index (χ3n) is 3.79. The van der Waals surface area contributed by atoms with Crippen LogP contribution in [0, 0.1) is 0 Å². The molecule has 4 rings (SSSR count). The van der Waals surface area contributed by atoms with Gasteiger partial charge in [0.05, 0.1) is 11.7 Å². The van der Waals surface area contributed by atoms with Crippen molar-refractivity contribution in [2.75, 3.05) is 13.1 Å². The van der Waals surface area contributed by atoms with Crippen LogP contribution in [0.3, 0.4) is 0 Å². The smallest absolute Gasteiger partial charge is 0.156 e. The molecule has 92 valence electrons. The average molecular weight is 241 g/mol. The molecule has 4 heterocycles. The zero-order chi connectivity index (χ0) is 11.9. The van der Waals surface area contributed by atoms with Gasteiger partial charge >= 0.3 is 0 Å². The van der Waals surface area contributed by atoms with Gasteiger partial charge in [0, 0.05) is 30.6 Å². The Labute approximate surface area is 104 Å². The van der Waals surface area contributed by atoms with Gasteiger partial charge in [-0.3, -0.25) is 4.40 Å². The Morgan fingerprint density at radius 3 is 3.17 bits per heavy atom. The lowest BCUT2D eigenvalue weighted by atomic mass is 9.96. The average Bonchev–Trinajstić information content (AvgIpc) is 3.05. The van der Waals surface area contributed by atoms with E-state index in [0.29, 0.717) is 5.92 Å². The van der Waals surface area contributed by atoms with Crippen LogP contribution in [0.25, 0.3) is 16.8 Å². The van der Waals surface area contributed by atoms with E-state index < -0.39 is 0 Å². The first-order valence-electron chi connectivity index (χ1n) is 6.43. The molecule has 0 amide bonds. The quantitative estimate of drug-likeness (QED) is 0.681. The fourth-order valence-electron chi connectivity index (χ4n) is 2.88. The molecule has 0 unspecified atom stereocenters. The Morgan fingerprint density at radius 2 is 2.28 bits per heavy atom. The van der Waals surface area contributed by atoms with Crippen molar-refractivity contribution in [1.29, 1.82) is 0 Å². The van der Waals surface area contributed by atoms with Gasteiger partial charge in [0.25, 0.3) is 0 Å². The number of nitrogens with zero attached hydrogens (tertiary/aromatic N) is 3. The van der Waals surface area contributed by atoms with E-state index in [1.165, 1.54) is 18.5 Å². The number of hydrogen-bond donors (Lipinski definition) is 2. The zero-order valence-corrected chi connectivity index (χ0v) is 10.1. The lowest BCUT2D eigenvalue weighted by Gasteiger charge is -2.22. The van der Waals surface area contributed by atoms with Crippen molar-refractivity contribution in [3.05, 3.63) is 30.4 Å². The summed E-state index contributed by atoms with van der Waals surface area (Å²) >= 11 is 0. The maximum Gasteiger partial charge on any atom is 0.156 e. The van der Waals surface area contributed by atoms with E-state index in [1.807, 2.05) is 18.6 Å². The molecule has 3 aromatic heterocycles. The Bertz CT molecular complexity index is 690. The highest BCUT2D eigenvalue weighted by Crippen LogP contribution is 2.26. The van der Waals surface area contributed by atoms with Crippen molar-refractivity contribution in [2.45, 2.75) is 18.8 Å². The molecule has 3 aromatic rings. The van der Waals surface area contributed by atoms with E-state index in [2.05, 4.69) is 30.7 Å². The third kappa shape index (κ3) is 1.37. The monoisotopic (exact) mass is 241 g/mol. The highest BCUT2D eigenvalue weighted by Gasteiger charge is 2.20. The van der Waals surface area contributed by atoms with Gasteiger partial charge in [0.2, 0.25) is 0 Å². The molecule has 5 heteroatoms.